The summed E-state index contributed by atoms with van der Waals surface area (Å²) in [4.78, 5) is 0. The monoisotopic (exact) mass is 248 g/mol. The van der Waals surface area contributed by atoms with Crippen molar-refractivity contribution in [2.45, 2.75) is 31.3 Å². The average Bonchev–Trinajstić information content (AvgIpc) is 2.88. The number of piperidine rings is 1. The van der Waals surface area contributed by atoms with Crippen LogP contribution in [0.1, 0.15) is 30.9 Å². The van der Waals surface area contributed by atoms with Gasteiger partial charge in [0.1, 0.15) is 0 Å². The van der Waals surface area contributed by atoms with Crippen LogP contribution in [0.25, 0.3) is 0 Å². The molecule has 0 aromatic heterocycles. The standard InChI is InChI=1S/C14H20N2O2/c1-15-14(11-4-2-3-7-16-11)10-5-6-12-13(8-10)18-9-17-12/h5-6,8,11,14-16H,2-4,7,9H2,1H3. The second-order valence-electron chi connectivity index (χ2n) is 4.94. The fourth-order valence-corrected chi connectivity index (χ4v) is 2.87. The summed E-state index contributed by atoms with van der Waals surface area (Å²) in [5, 5.41) is 7.02. The van der Waals surface area contributed by atoms with E-state index in [-0.39, 0.29) is 0 Å². The lowest BCUT2D eigenvalue weighted by molar-refractivity contribution is 0.174. The fourth-order valence-electron chi connectivity index (χ4n) is 2.87. The molecule has 2 heterocycles. The fraction of sp³-hybridized carbons (Fsp3) is 0.571. The predicted octanol–water partition coefficient (Wildman–Crippen LogP) is 1.82. The molecule has 1 fully saturated rings. The maximum absolute atomic E-state index is 5.45. The second kappa shape index (κ2) is 5.16. The van der Waals surface area contributed by atoms with E-state index in [1.807, 2.05) is 13.1 Å². The molecule has 2 aliphatic heterocycles. The van der Waals surface area contributed by atoms with Gasteiger partial charge in [0, 0.05) is 12.1 Å². The highest BCUT2D eigenvalue weighted by atomic mass is 16.7. The highest BCUT2D eigenvalue weighted by Crippen LogP contribution is 2.35. The maximum Gasteiger partial charge on any atom is 0.231 e. The molecular formula is C14H20N2O2. The largest absolute Gasteiger partial charge is 0.454 e. The zero-order valence-electron chi connectivity index (χ0n) is 10.7. The van der Waals surface area contributed by atoms with E-state index < -0.39 is 0 Å². The van der Waals surface area contributed by atoms with Gasteiger partial charge >= 0.3 is 0 Å². The number of fused-ring (bicyclic) bond motifs is 1. The Morgan fingerprint density at radius 3 is 2.94 bits per heavy atom. The first kappa shape index (κ1) is 11.8. The van der Waals surface area contributed by atoms with Crippen molar-refractivity contribution in [3.05, 3.63) is 23.8 Å². The van der Waals surface area contributed by atoms with Gasteiger partial charge in [-0.1, -0.05) is 12.5 Å². The minimum absolute atomic E-state index is 0.333. The van der Waals surface area contributed by atoms with E-state index in [1.54, 1.807) is 0 Å². The first-order chi connectivity index (χ1) is 8.88. The zero-order valence-corrected chi connectivity index (χ0v) is 10.7. The minimum atomic E-state index is 0.333. The van der Waals surface area contributed by atoms with Crippen LogP contribution in [0.15, 0.2) is 18.2 Å². The number of ether oxygens (including phenoxy) is 2. The van der Waals surface area contributed by atoms with Crippen LogP contribution < -0.4 is 20.1 Å². The highest BCUT2D eigenvalue weighted by Gasteiger charge is 2.25. The van der Waals surface area contributed by atoms with Crippen LogP contribution in [0.5, 0.6) is 11.5 Å². The van der Waals surface area contributed by atoms with Gasteiger partial charge in [-0.15, -0.1) is 0 Å². The van der Waals surface area contributed by atoms with Crippen molar-refractivity contribution in [3.8, 4) is 11.5 Å². The Kier molecular flexibility index (Phi) is 3.39. The lowest BCUT2D eigenvalue weighted by Gasteiger charge is -2.31. The molecule has 1 aromatic rings. The summed E-state index contributed by atoms with van der Waals surface area (Å²) < 4.78 is 10.8. The van der Waals surface area contributed by atoms with Crippen LogP contribution in [-0.4, -0.2) is 26.4 Å². The molecule has 0 saturated carbocycles. The van der Waals surface area contributed by atoms with E-state index in [2.05, 4.69) is 22.8 Å². The van der Waals surface area contributed by atoms with Gasteiger partial charge in [-0.05, 0) is 44.1 Å². The van der Waals surface area contributed by atoms with Gasteiger partial charge in [-0.25, -0.2) is 0 Å². The SMILES string of the molecule is CNC(c1ccc2c(c1)OCO2)C1CCCCN1. The van der Waals surface area contributed by atoms with Gasteiger partial charge in [-0.3, -0.25) is 0 Å². The number of hydrogen-bond acceptors (Lipinski definition) is 4. The van der Waals surface area contributed by atoms with E-state index in [0.29, 0.717) is 18.9 Å². The summed E-state index contributed by atoms with van der Waals surface area (Å²) in [6.07, 6.45) is 3.81. The van der Waals surface area contributed by atoms with E-state index in [0.717, 1.165) is 18.0 Å². The molecule has 18 heavy (non-hydrogen) atoms. The number of hydrogen-bond donors (Lipinski definition) is 2. The Morgan fingerprint density at radius 1 is 1.28 bits per heavy atom. The van der Waals surface area contributed by atoms with Crippen LogP contribution >= 0.6 is 0 Å². The van der Waals surface area contributed by atoms with Crippen LogP contribution in [0.2, 0.25) is 0 Å². The third-order valence-corrected chi connectivity index (χ3v) is 3.82. The zero-order chi connectivity index (χ0) is 12.4. The molecule has 0 amide bonds. The van der Waals surface area contributed by atoms with Crippen molar-refractivity contribution in [1.29, 1.82) is 0 Å². The van der Waals surface area contributed by atoms with Gasteiger partial charge in [0.05, 0.1) is 0 Å². The molecule has 0 aliphatic carbocycles. The Labute approximate surface area is 108 Å². The third-order valence-electron chi connectivity index (χ3n) is 3.82. The molecule has 4 heteroatoms. The number of nitrogens with one attached hydrogen (secondary N) is 2. The normalized spacial score (nSPS) is 23.9. The van der Waals surface area contributed by atoms with Crippen LogP contribution in [0.3, 0.4) is 0 Å². The van der Waals surface area contributed by atoms with E-state index in [4.69, 9.17) is 9.47 Å². The molecule has 2 atom stereocenters. The van der Waals surface area contributed by atoms with Crippen molar-refractivity contribution in [2.75, 3.05) is 20.4 Å². The molecular weight excluding hydrogens is 228 g/mol. The summed E-state index contributed by atoms with van der Waals surface area (Å²) >= 11 is 0. The van der Waals surface area contributed by atoms with Gasteiger partial charge < -0.3 is 20.1 Å². The van der Waals surface area contributed by atoms with E-state index >= 15 is 0 Å². The molecule has 2 N–H and O–H groups in total. The summed E-state index contributed by atoms with van der Waals surface area (Å²) in [6, 6.07) is 7.07. The molecule has 2 unspecified atom stereocenters. The molecule has 98 valence electrons. The lowest BCUT2D eigenvalue weighted by atomic mass is 9.92. The van der Waals surface area contributed by atoms with Crippen LogP contribution in [-0.2, 0) is 0 Å². The predicted molar refractivity (Wildman–Crippen MR) is 70.0 cm³/mol. The van der Waals surface area contributed by atoms with Crippen molar-refractivity contribution < 1.29 is 9.47 Å². The van der Waals surface area contributed by atoms with Crippen LogP contribution in [0, 0.1) is 0 Å². The van der Waals surface area contributed by atoms with Crippen molar-refractivity contribution in [3.63, 3.8) is 0 Å². The van der Waals surface area contributed by atoms with Gasteiger partial charge in [0.25, 0.3) is 0 Å². The number of benzene rings is 1. The first-order valence-corrected chi connectivity index (χ1v) is 6.68. The second-order valence-corrected chi connectivity index (χ2v) is 4.94. The smallest absolute Gasteiger partial charge is 0.231 e. The first-order valence-electron chi connectivity index (χ1n) is 6.68. The molecule has 4 nitrogen and oxygen atoms in total. The molecule has 0 bridgehead atoms. The number of rotatable bonds is 3. The average molecular weight is 248 g/mol. The molecule has 2 aliphatic rings. The molecule has 1 aromatic carbocycles. The molecule has 3 rings (SSSR count). The van der Waals surface area contributed by atoms with E-state index in [9.17, 15) is 0 Å². The van der Waals surface area contributed by atoms with Crippen molar-refractivity contribution in [2.24, 2.45) is 0 Å². The molecule has 0 radical (unpaired) electrons. The Bertz CT molecular complexity index is 416. The summed E-state index contributed by atoms with van der Waals surface area (Å²) in [5.74, 6) is 1.72. The lowest BCUT2D eigenvalue weighted by Crippen LogP contribution is -2.43. The van der Waals surface area contributed by atoms with Gasteiger partial charge in [0.15, 0.2) is 11.5 Å². The third kappa shape index (κ3) is 2.18. The Morgan fingerprint density at radius 2 is 2.17 bits per heavy atom. The van der Waals surface area contributed by atoms with Crippen LogP contribution in [0.4, 0.5) is 0 Å². The molecule has 1 saturated heterocycles. The van der Waals surface area contributed by atoms with E-state index in [1.165, 1.54) is 24.8 Å². The highest BCUT2D eigenvalue weighted by molar-refractivity contribution is 5.45. The van der Waals surface area contributed by atoms with Crippen molar-refractivity contribution in [1.82, 2.24) is 10.6 Å². The topological polar surface area (TPSA) is 42.5 Å². The molecule has 0 spiro atoms. The Balaban J connectivity index is 1.82. The summed E-state index contributed by atoms with van der Waals surface area (Å²) in [5.41, 5.74) is 1.26. The summed E-state index contributed by atoms with van der Waals surface area (Å²) in [6.45, 7) is 1.46. The Hall–Kier alpha value is -1.26. The number of likely N-dealkylation sites (N-methyl/N-ethyl adjacent to an activating group) is 1. The van der Waals surface area contributed by atoms with Gasteiger partial charge in [0.2, 0.25) is 6.79 Å². The van der Waals surface area contributed by atoms with Crippen molar-refractivity contribution >= 4 is 0 Å². The summed E-state index contributed by atoms with van der Waals surface area (Å²) in [7, 11) is 2.02. The minimum Gasteiger partial charge on any atom is -0.454 e. The van der Waals surface area contributed by atoms with Gasteiger partial charge in [-0.2, -0.15) is 0 Å². The maximum atomic E-state index is 5.45. The quantitative estimate of drug-likeness (QED) is 0.856.